The minimum atomic E-state index is -3.96. The van der Waals surface area contributed by atoms with Crippen LogP contribution in [-0.2, 0) is 36.4 Å². The maximum Gasteiger partial charge on any atom is 0.544 e. The van der Waals surface area contributed by atoms with Crippen molar-refractivity contribution in [3.63, 3.8) is 0 Å². The summed E-state index contributed by atoms with van der Waals surface area (Å²) in [5, 5.41) is 15.7. The van der Waals surface area contributed by atoms with Crippen molar-refractivity contribution in [3.8, 4) is 5.75 Å². The molecule has 1 aromatic rings. The second-order valence-corrected chi connectivity index (χ2v) is 11.0. The number of aryl methyl sites for hydroxylation is 1. The fourth-order valence-corrected chi connectivity index (χ4v) is 5.86. The predicted molar refractivity (Wildman–Crippen MR) is 131 cm³/mol. The third-order valence-corrected chi connectivity index (χ3v) is 8.08. The van der Waals surface area contributed by atoms with Crippen LogP contribution in [0.4, 0.5) is 4.39 Å². The van der Waals surface area contributed by atoms with Gasteiger partial charge in [0.05, 0.1) is 7.11 Å². The van der Waals surface area contributed by atoms with Crippen molar-refractivity contribution < 1.29 is 42.5 Å². The molecule has 0 aromatic heterocycles. The van der Waals surface area contributed by atoms with Gasteiger partial charge in [0.1, 0.15) is 31.2 Å². The molecule has 2 aliphatic heterocycles. The number of aliphatic hydroxyl groups is 1. The summed E-state index contributed by atoms with van der Waals surface area (Å²) in [5.41, 5.74) is -0.240. The van der Waals surface area contributed by atoms with Crippen LogP contribution in [0.25, 0.3) is 0 Å². The molecule has 0 spiro atoms. The lowest BCUT2D eigenvalue weighted by atomic mass is 9.91. The first-order valence-corrected chi connectivity index (χ1v) is 13.5. The van der Waals surface area contributed by atoms with Gasteiger partial charge in [-0.05, 0) is 44.2 Å². The highest BCUT2D eigenvalue weighted by atomic mass is 31.2. The number of halogens is 1. The van der Waals surface area contributed by atoms with Crippen molar-refractivity contribution in [2.24, 2.45) is 0 Å². The summed E-state index contributed by atoms with van der Waals surface area (Å²) < 4.78 is 37.6. The molecule has 5 atom stereocenters. The fourth-order valence-electron chi connectivity index (χ4n) is 4.54. The molecule has 0 bridgehead atoms. The molecular formula is C24H32FN3O8P+. The standard InChI is InChI=1S/C24H31FN3O8P/c1-15-27-20(29)11-12-28(15)23-24(2,25)22(31)19(35-23)14-34-37(32,26-13-21(30)33-3)36-18-10-6-8-16-7-4-5-9-17(16)18/h6,8,10-12,19,22-23,26,31-32H,1,4-5,7,9,13-14H2,2-3H3/p+1/t19-,22-,23-,24-,37?/m1/s1. The Hall–Kier alpha value is -2.60. The first-order chi connectivity index (χ1) is 17.5. The number of carbonyl (C=O) groups excluding carboxylic acids is 2. The summed E-state index contributed by atoms with van der Waals surface area (Å²) in [7, 11) is -2.76. The summed E-state index contributed by atoms with van der Waals surface area (Å²) in [6.07, 6.45) is 1.94. The normalized spacial score (nSPS) is 28.9. The molecular weight excluding hydrogens is 508 g/mol. The topological polar surface area (TPSA) is 139 Å². The molecule has 13 heteroatoms. The third kappa shape index (κ3) is 5.95. The average Bonchev–Trinajstić information content (AvgIpc) is 3.10. The van der Waals surface area contributed by atoms with Crippen LogP contribution < -0.4 is 14.9 Å². The molecule has 37 heavy (non-hydrogen) atoms. The average molecular weight is 541 g/mol. The summed E-state index contributed by atoms with van der Waals surface area (Å²) in [6.45, 7) is 3.97. The number of esters is 1. The molecule has 2 heterocycles. The number of nitrogens with zero attached hydrogens (tertiary/aromatic N) is 1. The summed E-state index contributed by atoms with van der Waals surface area (Å²) in [5.74, 6) is -0.591. The number of rotatable bonds is 9. The van der Waals surface area contributed by atoms with E-state index in [-0.39, 0.29) is 5.82 Å². The number of ether oxygens (including phenoxy) is 2. The van der Waals surface area contributed by atoms with Gasteiger partial charge in [-0.1, -0.05) is 23.8 Å². The van der Waals surface area contributed by atoms with E-state index in [9.17, 15) is 19.6 Å². The molecule has 1 unspecified atom stereocenters. The van der Waals surface area contributed by atoms with Crippen LogP contribution in [0.3, 0.4) is 0 Å². The van der Waals surface area contributed by atoms with Gasteiger partial charge in [0.15, 0.2) is 17.6 Å². The number of hydrogen-bond acceptors (Lipinski definition) is 10. The van der Waals surface area contributed by atoms with Crippen LogP contribution in [0.2, 0.25) is 0 Å². The number of aliphatic hydroxyl groups excluding tert-OH is 1. The van der Waals surface area contributed by atoms with Crippen LogP contribution in [0, 0.1) is 0 Å². The highest BCUT2D eigenvalue weighted by Gasteiger charge is 2.58. The SMILES string of the molecule is C=C1NC(=O)C=CN1[C@@H]1O[C@H](CO[P+](O)(NCC(=O)OC)Oc2cccc3c2CCCC3)[C@@H](O)[C@@]1(C)F. The number of hydrogen-bond donors (Lipinski definition) is 4. The lowest BCUT2D eigenvalue weighted by Gasteiger charge is -2.35. The predicted octanol–water partition coefficient (Wildman–Crippen LogP) is 1.62. The van der Waals surface area contributed by atoms with Crippen molar-refractivity contribution in [2.45, 2.75) is 56.7 Å². The number of methoxy groups -OCH3 is 1. The van der Waals surface area contributed by atoms with Gasteiger partial charge in [-0.15, -0.1) is 0 Å². The lowest BCUT2D eigenvalue weighted by Crippen LogP contribution is -2.51. The van der Waals surface area contributed by atoms with Gasteiger partial charge in [0.25, 0.3) is 5.91 Å². The first kappa shape index (κ1) is 27.4. The van der Waals surface area contributed by atoms with Crippen LogP contribution in [0.1, 0.15) is 30.9 Å². The number of alkyl halides is 1. The molecule has 4 rings (SSSR count). The maximum atomic E-state index is 15.6. The van der Waals surface area contributed by atoms with E-state index in [0.717, 1.165) is 43.7 Å². The first-order valence-electron chi connectivity index (χ1n) is 11.9. The van der Waals surface area contributed by atoms with Gasteiger partial charge >= 0.3 is 14.1 Å². The Bertz CT molecular complexity index is 1090. The van der Waals surface area contributed by atoms with Crippen molar-refractivity contribution in [1.29, 1.82) is 0 Å². The second-order valence-electron chi connectivity index (χ2n) is 9.20. The zero-order valence-corrected chi connectivity index (χ0v) is 21.6. The molecule has 1 saturated heterocycles. The molecule has 1 fully saturated rings. The molecule has 1 amide bonds. The summed E-state index contributed by atoms with van der Waals surface area (Å²) >= 11 is 0. The Morgan fingerprint density at radius 2 is 2.16 bits per heavy atom. The number of fused-ring (bicyclic) bond motifs is 1. The highest BCUT2D eigenvalue weighted by molar-refractivity contribution is 7.58. The molecule has 0 saturated carbocycles. The number of amides is 1. The van der Waals surface area contributed by atoms with Crippen molar-refractivity contribution in [1.82, 2.24) is 15.3 Å². The molecule has 11 nitrogen and oxygen atoms in total. The minimum Gasteiger partial charge on any atom is -0.468 e. The number of carbonyl (C=O) groups is 2. The smallest absolute Gasteiger partial charge is 0.468 e. The van der Waals surface area contributed by atoms with Crippen LogP contribution in [0.5, 0.6) is 5.75 Å². The molecule has 0 radical (unpaired) electrons. The molecule has 1 aromatic carbocycles. The van der Waals surface area contributed by atoms with E-state index in [1.54, 1.807) is 6.07 Å². The zero-order chi connectivity index (χ0) is 26.8. The summed E-state index contributed by atoms with van der Waals surface area (Å²) in [4.78, 5) is 35.9. The van der Waals surface area contributed by atoms with Crippen molar-refractivity contribution in [3.05, 3.63) is 54.0 Å². The van der Waals surface area contributed by atoms with Gasteiger partial charge in [-0.2, -0.15) is 9.42 Å². The quantitative estimate of drug-likeness (QED) is 0.270. The maximum absolute atomic E-state index is 15.6. The number of benzene rings is 1. The van der Waals surface area contributed by atoms with E-state index in [2.05, 4.69) is 21.7 Å². The van der Waals surface area contributed by atoms with Crippen LogP contribution >= 0.6 is 8.09 Å². The van der Waals surface area contributed by atoms with Crippen LogP contribution in [-0.4, -0.2) is 71.1 Å². The van der Waals surface area contributed by atoms with Gasteiger partial charge in [0, 0.05) is 17.8 Å². The van der Waals surface area contributed by atoms with Crippen molar-refractivity contribution >= 4 is 20.0 Å². The van der Waals surface area contributed by atoms with E-state index in [0.29, 0.717) is 5.75 Å². The third-order valence-electron chi connectivity index (χ3n) is 6.58. The Morgan fingerprint density at radius 1 is 1.41 bits per heavy atom. The van der Waals surface area contributed by atoms with Gasteiger partial charge in [-0.25, -0.2) is 4.39 Å². The Morgan fingerprint density at radius 3 is 2.89 bits per heavy atom. The minimum absolute atomic E-state index is 0.0797. The molecule has 1 aliphatic carbocycles. The Labute approximate surface area is 214 Å². The number of nitrogens with one attached hydrogen (secondary N) is 2. The van der Waals surface area contributed by atoms with Gasteiger partial charge in [0.2, 0.25) is 0 Å². The molecule has 202 valence electrons. The van der Waals surface area contributed by atoms with E-state index < -0.39 is 57.2 Å². The largest absolute Gasteiger partial charge is 0.544 e. The van der Waals surface area contributed by atoms with E-state index in [1.807, 2.05) is 12.1 Å². The second kappa shape index (κ2) is 11.0. The van der Waals surface area contributed by atoms with Gasteiger partial charge < -0.3 is 24.8 Å². The van der Waals surface area contributed by atoms with E-state index >= 15 is 4.39 Å². The lowest BCUT2D eigenvalue weighted by molar-refractivity contribution is -0.139. The Balaban J connectivity index is 1.51. The van der Waals surface area contributed by atoms with E-state index in [1.165, 1.54) is 24.3 Å². The van der Waals surface area contributed by atoms with E-state index in [4.69, 9.17) is 13.8 Å². The van der Waals surface area contributed by atoms with Crippen molar-refractivity contribution in [2.75, 3.05) is 20.3 Å². The summed E-state index contributed by atoms with van der Waals surface area (Å²) in [6, 6.07) is 5.51. The monoisotopic (exact) mass is 540 g/mol. The molecule has 3 aliphatic rings. The highest BCUT2D eigenvalue weighted by Crippen LogP contribution is 2.54. The fraction of sp³-hybridized carbons (Fsp3) is 0.500. The Kier molecular flexibility index (Phi) is 8.17. The molecule has 4 N–H and O–H groups in total. The van der Waals surface area contributed by atoms with Gasteiger partial charge in [-0.3, -0.25) is 14.1 Å². The van der Waals surface area contributed by atoms with Crippen LogP contribution in [0.15, 0.2) is 42.9 Å². The zero-order valence-electron chi connectivity index (χ0n) is 20.7.